The van der Waals surface area contributed by atoms with E-state index in [4.69, 9.17) is 9.47 Å². The molecule has 0 aliphatic carbocycles. The van der Waals surface area contributed by atoms with E-state index in [-0.39, 0.29) is 19.5 Å². The van der Waals surface area contributed by atoms with E-state index in [1.165, 1.54) is 0 Å². The Hall–Kier alpha value is 1.50. The van der Waals surface area contributed by atoms with Gasteiger partial charge in [-0.05, 0) is 13.3 Å². The van der Waals surface area contributed by atoms with Crippen molar-refractivity contribution in [1.29, 1.82) is 0 Å². The molecule has 0 saturated carbocycles. The van der Waals surface area contributed by atoms with Crippen molar-refractivity contribution in [1.82, 2.24) is 0 Å². The third kappa shape index (κ3) is 6.23. The molecule has 1 heterocycles. The summed E-state index contributed by atoms with van der Waals surface area (Å²) in [5.41, 5.74) is 0. The Morgan fingerprint density at radius 3 is 2.00 bits per heavy atom. The fraction of sp³-hybridized carbons (Fsp3) is 0.800. The number of rotatable bonds is 1. The van der Waals surface area contributed by atoms with Crippen LogP contribution in [0.2, 0.25) is 0 Å². The van der Waals surface area contributed by atoms with Gasteiger partial charge in [-0.1, -0.05) is 0 Å². The monoisotopic (exact) mass is 323 g/mol. The van der Waals surface area contributed by atoms with Gasteiger partial charge < -0.3 is 9.47 Å². The molecular formula is C5H9Br2O2Zn. The second kappa shape index (κ2) is 8.60. The van der Waals surface area contributed by atoms with Crippen molar-refractivity contribution in [2.75, 3.05) is 13.2 Å². The van der Waals surface area contributed by atoms with Gasteiger partial charge in [-0.3, -0.25) is 0 Å². The molecule has 0 bridgehead atoms. The molecule has 2 nitrogen and oxygen atoms in total. The van der Waals surface area contributed by atoms with Gasteiger partial charge in [-0.15, -0.1) is 0 Å². The van der Waals surface area contributed by atoms with Crippen molar-refractivity contribution < 1.29 is 22.7 Å². The molecule has 1 rings (SSSR count). The van der Waals surface area contributed by atoms with Crippen LogP contribution in [0.5, 0.6) is 0 Å². The van der Waals surface area contributed by atoms with Crippen LogP contribution < -0.4 is 0 Å². The minimum absolute atomic E-state index is 0.0139. The summed E-state index contributed by atoms with van der Waals surface area (Å²) < 4.78 is 10.0. The van der Waals surface area contributed by atoms with Gasteiger partial charge in [0, 0.05) is 0 Å². The van der Waals surface area contributed by atoms with E-state index >= 15 is 0 Å². The first-order chi connectivity index (χ1) is 4.85. The zero-order chi connectivity index (χ0) is 7.82. The van der Waals surface area contributed by atoms with Gasteiger partial charge in [-0.2, -0.15) is 0 Å². The fourth-order valence-corrected chi connectivity index (χ4v) is 0.574. The van der Waals surface area contributed by atoms with Gasteiger partial charge in [0.05, 0.1) is 13.2 Å². The molecule has 1 aliphatic heterocycles. The third-order valence-corrected chi connectivity index (χ3v) is 0.927. The molecule has 0 amide bonds. The van der Waals surface area contributed by atoms with Crippen molar-refractivity contribution in [3.63, 3.8) is 0 Å². The van der Waals surface area contributed by atoms with E-state index in [0.29, 0.717) is 0 Å². The maximum absolute atomic E-state index is 5.02. The zero-order valence-corrected chi connectivity index (χ0v) is 11.8. The normalized spacial score (nSPS) is 17.5. The van der Waals surface area contributed by atoms with E-state index in [9.17, 15) is 0 Å². The van der Waals surface area contributed by atoms with Crippen LogP contribution in [0.3, 0.4) is 0 Å². The predicted octanol–water partition coefficient (Wildman–Crippen LogP) is 2.27. The topological polar surface area (TPSA) is 18.5 Å². The molecule has 1 aliphatic rings. The minimum atomic E-state index is -0.250. The molecule has 57 valence electrons. The number of ether oxygens (including phenoxy) is 2. The van der Waals surface area contributed by atoms with Crippen molar-refractivity contribution in [2.45, 2.75) is 12.7 Å². The number of halogens is 2. The quantitative estimate of drug-likeness (QED) is 0.688. The molecule has 0 N–H and O–H groups in total. The predicted molar refractivity (Wildman–Crippen MR) is 43.5 cm³/mol. The summed E-state index contributed by atoms with van der Waals surface area (Å²) in [6.45, 7) is 5.09. The SMILES string of the molecule is [Br][Zn][Br].[CH2]CC1OCCO1. The second-order valence-corrected chi connectivity index (χ2v) is 15.6. The smallest absolute Gasteiger partial charge is 0.157 e. The average Bonchev–Trinajstić information content (AvgIpc) is 2.39. The Balaban J connectivity index is 0.000000236. The molecule has 1 fully saturated rings. The van der Waals surface area contributed by atoms with Gasteiger partial charge in [0.25, 0.3) is 0 Å². The Morgan fingerprint density at radius 2 is 1.80 bits per heavy atom. The van der Waals surface area contributed by atoms with Crippen molar-refractivity contribution in [3.8, 4) is 0 Å². The van der Waals surface area contributed by atoms with Crippen LogP contribution in [0.15, 0.2) is 0 Å². The summed E-state index contributed by atoms with van der Waals surface area (Å²) in [7, 11) is 0. The maximum Gasteiger partial charge on any atom is 0.157 e. The van der Waals surface area contributed by atoms with Crippen LogP contribution in [0.25, 0.3) is 0 Å². The summed E-state index contributed by atoms with van der Waals surface area (Å²) in [5.74, 6) is 0. The molecule has 0 spiro atoms. The molecule has 0 atom stereocenters. The molecule has 10 heavy (non-hydrogen) atoms. The Kier molecular flexibility index (Phi) is 9.89. The second-order valence-electron chi connectivity index (χ2n) is 1.56. The third-order valence-electron chi connectivity index (χ3n) is 0.927. The summed E-state index contributed by atoms with van der Waals surface area (Å²) in [4.78, 5) is 0. The van der Waals surface area contributed by atoms with Crippen LogP contribution >= 0.6 is 27.2 Å². The summed E-state index contributed by atoms with van der Waals surface area (Å²) in [6.07, 6.45) is 0.708. The first kappa shape index (κ1) is 11.5. The van der Waals surface area contributed by atoms with Crippen LogP contribution in [0.4, 0.5) is 0 Å². The molecule has 0 aromatic rings. The molecule has 1 radical (unpaired) electrons. The van der Waals surface area contributed by atoms with Gasteiger partial charge in [0.2, 0.25) is 0 Å². The van der Waals surface area contributed by atoms with Crippen LogP contribution in [0.1, 0.15) is 6.42 Å². The average molecular weight is 326 g/mol. The standard InChI is InChI=1S/C5H9O2.2BrH.Zn/c1-2-5-6-3-4-7-5;;;/h5H,1-4H2;2*1H;/q;;;+2/p-2. The minimum Gasteiger partial charge on any atom is -0.350 e. The van der Waals surface area contributed by atoms with Crippen LogP contribution in [0, 0.1) is 6.92 Å². The van der Waals surface area contributed by atoms with Gasteiger partial charge >= 0.3 is 40.5 Å². The summed E-state index contributed by atoms with van der Waals surface area (Å²) >= 11 is 6.25. The first-order valence-corrected chi connectivity index (χ1v) is 16.9. The van der Waals surface area contributed by atoms with Gasteiger partial charge in [-0.25, -0.2) is 0 Å². The summed E-state index contributed by atoms with van der Waals surface area (Å²) in [5, 5.41) is 0. The van der Waals surface area contributed by atoms with E-state index in [1.54, 1.807) is 0 Å². The van der Waals surface area contributed by atoms with Gasteiger partial charge in [0.15, 0.2) is 6.29 Å². The Morgan fingerprint density at radius 1 is 1.40 bits per heavy atom. The molecule has 0 aromatic heterocycles. The largest absolute Gasteiger partial charge is 0.350 e. The first-order valence-electron chi connectivity index (χ1n) is 2.99. The Labute approximate surface area is 82.3 Å². The number of hydrogen-bond acceptors (Lipinski definition) is 2. The van der Waals surface area contributed by atoms with E-state index in [1.807, 2.05) is 0 Å². The molecule has 0 aromatic carbocycles. The van der Waals surface area contributed by atoms with Crippen LogP contribution in [-0.2, 0) is 22.7 Å². The van der Waals surface area contributed by atoms with Crippen molar-refractivity contribution >= 4 is 27.2 Å². The van der Waals surface area contributed by atoms with Gasteiger partial charge in [0.1, 0.15) is 0 Å². The number of hydrogen-bond donors (Lipinski definition) is 0. The molecule has 5 heteroatoms. The van der Waals surface area contributed by atoms with Crippen molar-refractivity contribution in [2.24, 2.45) is 0 Å². The molecule has 0 unspecified atom stereocenters. The van der Waals surface area contributed by atoms with Crippen LogP contribution in [-0.4, -0.2) is 19.5 Å². The fourth-order valence-electron chi connectivity index (χ4n) is 0.574. The zero-order valence-electron chi connectivity index (χ0n) is 5.69. The van der Waals surface area contributed by atoms with Crippen molar-refractivity contribution in [3.05, 3.63) is 6.92 Å². The maximum atomic E-state index is 5.02. The van der Waals surface area contributed by atoms with E-state index < -0.39 is 0 Å². The van der Waals surface area contributed by atoms with E-state index in [2.05, 4.69) is 34.2 Å². The van der Waals surface area contributed by atoms with E-state index in [0.717, 1.165) is 19.6 Å². The molecule has 1 saturated heterocycles. The molecular weight excluding hydrogens is 317 g/mol. The summed E-state index contributed by atoms with van der Waals surface area (Å²) in [6, 6.07) is 0. The Bertz CT molecular complexity index is 68.7.